The summed E-state index contributed by atoms with van der Waals surface area (Å²) >= 11 is 0. The summed E-state index contributed by atoms with van der Waals surface area (Å²) in [5, 5.41) is 3.10. The van der Waals surface area contributed by atoms with Crippen molar-refractivity contribution in [1.82, 2.24) is 5.32 Å². The van der Waals surface area contributed by atoms with Crippen molar-refractivity contribution in [2.24, 2.45) is 0 Å². The van der Waals surface area contributed by atoms with Gasteiger partial charge in [-0.3, -0.25) is 9.10 Å². The van der Waals surface area contributed by atoms with E-state index in [0.29, 0.717) is 5.69 Å². The maximum Gasteiger partial charge on any atom is 0.264 e. The van der Waals surface area contributed by atoms with Crippen LogP contribution in [0.5, 0.6) is 0 Å². The Balaban J connectivity index is 1.61. The first kappa shape index (κ1) is 25.0. The molecule has 1 amide bonds. The Labute approximate surface area is 209 Å². The zero-order chi connectivity index (χ0) is 25.0. The predicted octanol–water partition coefficient (Wildman–Crippen LogP) is 5.65. The molecule has 1 aliphatic rings. The van der Waals surface area contributed by atoms with Crippen LogP contribution in [0.2, 0.25) is 0 Å². The van der Waals surface area contributed by atoms with Crippen LogP contribution < -0.4 is 9.62 Å². The largest absolute Gasteiger partial charge is 0.348 e. The molecule has 1 atom stereocenters. The second-order valence-electron chi connectivity index (χ2n) is 9.37. The SMILES string of the molecule is CC[C@H](NC(=O)CN(c1ccccc1C)S(=O)(=O)c1ccc(C)cc1)c1ccc2c(c1)CCCC2. The van der Waals surface area contributed by atoms with Crippen molar-refractivity contribution in [3.8, 4) is 0 Å². The molecule has 3 aromatic carbocycles. The van der Waals surface area contributed by atoms with Gasteiger partial charge >= 0.3 is 0 Å². The topological polar surface area (TPSA) is 66.5 Å². The van der Waals surface area contributed by atoms with Crippen LogP contribution in [-0.2, 0) is 27.7 Å². The number of anilines is 1. The van der Waals surface area contributed by atoms with E-state index in [1.807, 2.05) is 32.9 Å². The minimum Gasteiger partial charge on any atom is -0.348 e. The van der Waals surface area contributed by atoms with E-state index in [1.54, 1.807) is 36.4 Å². The smallest absolute Gasteiger partial charge is 0.264 e. The average Bonchev–Trinajstić information content (AvgIpc) is 2.86. The number of amides is 1. The van der Waals surface area contributed by atoms with Gasteiger partial charge in [-0.25, -0.2) is 8.42 Å². The molecule has 0 spiro atoms. The summed E-state index contributed by atoms with van der Waals surface area (Å²) in [6.07, 6.45) is 5.33. The summed E-state index contributed by atoms with van der Waals surface area (Å²) in [5.74, 6) is -0.325. The van der Waals surface area contributed by atoms with Gasteiger partial charge in [0.25, 0.3) is 10.0 Å². The molecule has 0 saturated heterocycles. The number of carbonyl (C=O) groups excluding carboxylic acids is 1. The van der Waals surface area contributed by atoms with E-state index >= 15 is 0 Å². The standard InChI is InChI=1S/C29H34N2O3S/c1-4-27(25-16-15-23-10-6-7-11-24(23)19-25)30-29(32)20-31(28-12-8-5-9-22(28)3)35(33,34)26-17-13-21(2)14-18-26/h5,8-9,12-19,27H,4,6-7,10-11,20H2,1-3H3,(H,30,32)/t27-/m0/s1. The highest BCUT2D eigenvalue weighted by atomic mass is 32.2. The molecule has 5 nitrogen and oxygen atoms in total. The molecule has 6 heteroatoms. The first-order valence-corrected chi connectivity index (χ1v) is 13.8. The Kier molecular flexibility index (Phi) is 7.60. The third kappa shape index (κ3) is 5.59. The van der Waals surface area contributed by atoms with Crippen LogP contribution in [0.4, 0.5) is 5.69 Å². The lowest BCUT2D eigenvalue weighted by molar-refractivity contribution is -0.120. The molecule has 0 fully saturated rings. The second-order valence-corrected chi connectivity index (χ2v) is 11.2. The van der Waals surface area contributed by atoms with Crippen LogP contribution in [0, 0.1) is 13.8 Å². The normalized spacial score (nSPS) is 14.1. The molecule has 0 saturated carbocycles. The molecule has 184 valence electrons. The van der Waals surface area contributed by atoms with Gasteiger partial charge in [-0.15, -0.1) is 0 Å². The lowest BCUT2D eigenvalue weighted by atomic mass is 9.89. The van der Waals surface area contributed by atoms with E-state index in [4.69, 9.17) is 0 Å². The number of hydrogen-bond acceptors (Lipinski definition) is 3. The van der Waals surface area contributed by atoms with Gasteiger partial charge in [-0.2, -0.15) is 0 Å². The number of benzene rings is 3. The number of sulfonamides is 1. The molecule has 0 heterocycles. The number of aryl methyl sites for hydroxylation is 4. The van der Waals surface area contributed by atoms with E-state index in [0.717, 1.165) is 36.0 Å². The first-order valence-electron chi connectivity index (χ1n) is 12.4. The molecule has 1 N–H and O–H groups in total. The summed E-state index contributed by atoms with van der Waals surface area (Å²) in [7, 11) is -3.94. The van der Waals surface area contributed by atoms with Crippen LogP contribution in [0.25, 0.3) is 0 Å². The second kappa shape index (κ2) is 10.6. The van der Waals surface area contributed by atoms with Gasteiger partial charge in [0, 0.05) is 0 Å². The summed E-state index contributed by atoms with van der Waals surface area (Å²) < 4.78 is 28.6. The lowest BCUT2D eigenvalue weighted by Gasteiger charge is -2.27. The van der Waals surface area contributed by atoms with Gasteiger partial charge in [0.2, 0.25) is 5.91 Å². The number of nitrogens with one attached hydrogen (secondary N) is 1. The molecule has 1 aliphatic carbocycles. The lowest BCUT2D eigenvalue weighted by Crippen LogP contribution is -2.42. The number of para-hydroxylation sites is 1. The van der Waals surface area contributed by atoms with Gasteiger partial charge < -0.3 is 5.32 Å². The molecular weight excluding hydrogens is 456 g/mol. The highest BCUT2D eigenvalue weighted by molar-refractivity contribution is 7.92. The Morgan fingerprint density at radius 3 is 2.31 bits per heavy atom. The minimum absolute atomic E-state index is 0.167. The molecule has 0 bridgehead atoms. The predicted molar refractivity (Wildman–Crippen MR) is 141 cm³/mol. The van der Waals surface area contributed by atoms with Crippen molar-refractivity contribution in [2.45, 2.75) is 63.8 Å². The quantitative estimate of drug-likeness (QED) is 0.444. The van der Waals surface area contributed by atoms with Crippen LogP contribution in [-0.4, -0.2) is 20.9 Å². The summed E-state index contributed by atoms with van der Waals surface area (Å²) in [6.45, 7) is 5.51. The number of nitrogens with zero attached hydrogens (tertiary/aromatic N) is 1. The third-order valence-corrected chi connectivity index (χ3v) is 8.57. The number of rotatable bonds is 8. The van der Waals surface area contributed by atoms with E-state index in [2.05, 4.69) is 23.5 Å². The fraction of sp³-hybridized carbons (Fsp3) is 0.345. The molecule has 0 unspecified atom stereocenters. The number of fused-ring (bicyclic) bond motifs is 1. The van der Waals surface area contributed by atoms with Crippen molar-refractivity contribution in [3.05, 3.63) is 94.5 Å². The van der Waals surface area contributed by atoms with E-state index < -0.39 is 10.0 Å². The van der Waals surface area contributed by atoms with Crippen molar-refractivity contribution in [2.75, 3.05) is 10.8 Å². The van der Waals surface area contributed by atoms with Crippen molar-refractivity contribution < 1.29 is 13.2 Å². The minimum atomic E-state index is -3.94. The number of hydrogen-bond donors (Lipinski definition) is 1. The van der Waals surface area contributed by atoms with Crippen LogP contribution >= 0.6 is 0 Å². The highest BCUT2D eigenvalue weighted by Crippen LogP contribution is 2.28. The van der Waals surface area contributed by atoms with E-state index in [1.165, 1.54) is 28.3 Å². The van der Waals surface area contributed by atoms with Gasteiger partial charge in [0.15, 0.2) is 0 Å². The highest BCUT2D eigenvalue weighted by Gasteiger charge is 2.29. The first-order chi connectivity index (χ1) is 16.8. The van der Waals surface area contributed by atoms with E-state index in [-0.39, 0.29) is 23.4 Å². The summed E-state index contributed by atoms with van der Waals surface area (Å²) in [4.78, 5) is 13.5. The van der Waals surface area contributed by atoms with Crippen molar-refractivity contribution in [1.29, 1.82) is 0 Å². The van der Waals surface area contributed by atoms with Crippen LogP contribution in [0.15, 0.2) is 71.6 Å². The molecule has 35 heavy (non-hydrogen) atoms. The third-order valence-electron chi connectivity index (χ3n) is 6.80. The monoisotopic (exact) mass is 490 g/mol. The van der Waals surface area contributed by atoms with Gasteiger partial charge in [0.05, 0.1) is 16.6 Å². The van der Waals surface area contributed by atoms with Gasteiger partial charge in [-0.05, 0) is 86.4 Å². The molecule has 4 rings (SSSR count). The molecule has 0 aliphatic heterocycles. The summed E-state index contributed by atoms with van der Waals surface area (Å²) in [5.41, 5.74) is 6.11. The summed E-state index contributed by atoms with van der Waals surface area (Å²) in [6, 6.07) is 20.3. The van der Waals surface area contributed by atoms with Gasteiger partial charge in [0.1, 0.15) is 6.54 Å². The van der Waals surface area contributed by atoms with Crippen LogP contribution in [0.1, 0.15) is 60.0 Å². The molecule has 0 aromatic heterocycles. The van der Waals surface area contributed by atoms with Gasteiger partial charge in [-0.1, -0.05) is 61.0 Å². The zero-order valence-electron chi connectivity index (χ0n) is 20.8. The van der Waals surface area contributed by atoms with Crippen molar-refractivity contribution >= 4 is 21.6 Å². The maximum absolute atomic E-state index is 13.7. The number of carbonyl (C=O) groups is 1. The fourth-order valence-corrected chi connectivity index (χ4v) is 6.23. The zero-order valence-corrected chi connectivity index (χ0v) is 21.6. The Hall–Kier alpha value is -3.12. The Morgan fingerprint density at radius 2 is 1.63 bits per heavy atom. The van der Waals surface area contributed by atoms with Crippen LogP contribution in [0.3, 0.4) is 0 Å². The Bertz CT molecular complexity index is 1300. The Morgan fingerprint density at radius 1 is 0.943 bits per heavy atom. The molecule has 3 aromatic rings. The molecule has 0 radical (unpaired) electrons. The maximum atomic E-state index is 13.7. The molecular formula is C29H34N2O3S. The van der Waals surface area contributed by atoms with E-state index in [9.17, 15) is 13.2 Å². The fourth-order valence-electron chi connectivity index (χ4n) is 4.74. The van der Waals surface area contributed by atoms with Crippen molar-refractivity contribution in [3.63, 3.8) is 0 Å². The average molecular weight is 491 g/mol.